The first kappa shape index (κ1) is 23.3. The van der Waals surface area contributed by atoms with Crippen LogP contribution in [-0.4, -0.2) is 42.9 Å². The number of benzene rings is 3. The van der Waals surface area contributed by atoms with Crippen LogP contribution in [0.3, 0.4) is 0 Å². The van der Waals surface area contributed by atoms with Crippen molar-refractivity contribution in [2.24, 2.45) is 0 Å². The molecule has 3 aromatic carbocycles. The second-order valence-corrected chi connectivity index (χ2v) is 8.15. The van der Waals surface area contributed by atoms with E-state index in [1.54, 1.807) is 72.8 Å². The molecule has 0 aliphatic carbocycles. The number of carbonyl (C=O) groups is 3. The van der Waals surface area contributed by atoms with Gasteiger partial charge in [0.1, 0.15) is 17.5 Å². The van der Waals surface area contributed by atoms with Gasteiger partial charge in [-0.25, -0.2) is 4.90 Å². The van der Waals surface area contributed by atoms with Crippen molar-refractivity contribution < 1.29 is 23.9 Å². The molecule has 1 atom stereocenters. The second kappa shape index (κ2) is 9.97. The van der Waals surface area contributed by atoms with Gasteiger partial charge in [-0.05, 0) is 54.1 Å². The van der Waals surface area contributed by atoms with Crippen LogP contribution in [0.5, 0.6) is 11.5 Å². The molecule has 1 unspecified atom stereocenters. The summed E-state index contributed by atoms with van der Waals surface area (Å²) in [6.45, 7) is 0.0653. The Hall–Kier alpha value is -3.84. The summed E-state index contributed by atoms with van der Waals surface area (Å²) in [5.74, 6) is -0.145. The van der Waals surface area contributed by atoms with Gasteiger partial charge in [-0.2, -0.15) is 0 Å². The molecule has 1 heterocycles. The number of carbonyl (C=O) groups excluding carboxylic acids is 3. The van der Waals surface area contributed by atoms with Crippen molar-refractivity contribution in [2.75, 3.05) is 19.1 Å². The van der Waals surface area contributed by atoms with Crippen LogP contribution in [0.25, 0.3) is 0 Å². The molecule has 3 aromatic rings. The highest BCUT2D eigenvalue weighted by molar-refractivity contribution is 6.31. The summed E-state index contributed by atoms with van der Waals surface area (Å²) >= 11 is 6.36. The normalized spacial score (nSPS) is 15.4. The predicted molar refractivity (Wildman–Crippen MR) is 128 cm³/mol. The van der Waals surface area contributed by atoms with Gasteiger partial charge in [-0.15, -0.1) is 0 Å². The lowest BCUT2D eigenvalue weighted by atomic mass is 10.1. The average molecular weight is 479 g/mol. The summed E-state index contributed by atoms with van der Waals surface area (Å²) in [5, 5.41) is 0.467. The van der Waals surface area contributed by atoms with E-state index in [0.29, 0.717) is 33.3 Å². The van der Waals surface area contributed by atoms with E-state index >= 15 is 0 Å². The minimum Gasteiger partial charge on any atom is -0.497 e. The number of ether oxygens (including phenoxy) is 2. The van der Waals surface area contributed by atoms with Crippen LogP contribution in [0.4, 0.5) is 5.69 Å². The Morgan fingerprint density at radius 3 is 2.35 bits per heavy atom. The van der Waals surface area contributed by atoms with Crippen LogP contribution in [0.2, 0.25) is 5.02 Å². The number of rotatable bonds is 7. The highest BCUT2D eigenvalue weighted by Gasteiger charge is 2.44. The molecule has 3 amide bonds. The topological polar surface area (TPSA) is 76.2 Å². The zero-order valence-corrected chi connectivity index (χ0v) is 19.5. The SMILES string of the molecule is COc1ccc(N2C(=O)CC(N(Cc3ccccc3Cl)C(=O)c3cccc(OC)c3)C2=O)cc1. The standard InChI is InChI=1S/C26H23ClN2O5/c1-33-20-12-10-19(11-13-20)29-24(30)15-23(26(29)32)28(16-18-6-3-4-9-22(18)27)25(31)17-7-5-8-21(14-17)34-2/h3-14,23H,15-16H2,1-2H3. The molecule has 0 spiro atoms. The van der Waals surface area contributed by atoms with Crippen LogP contribution < -0.4 is 14.4 Å². The smallest absolute Gasteiger partial charge is 0.257 e. The lowest BCUT2D eigenvalue weighted by Crippen LogP contribution is -2.45. The first-order chi connectivity index (χ1) is 16.4. The van der Waals surface area contributed by atoms with E-state index < -0.39 is 17.9 Å². The van der Waals surface area contributed by atoms with Gasteiger partial charge in [0.05, 0.1) is 26.3 Å². The monoisotopic (exact) mass is 478 g/mol. The van der Waals surface area contributed by atoms with Crippen molar-refractivity contribution >= 4 is 35.0 Å². The first-order valence-electron chi connectivity index (χ1n) is 10.6. The summed E-state index contributed by atoms with van der Waals surface area (Å²) in [6, 6.07) is 19.4. The Morgan fingerprint density at radius 1 is 0.971 bits per heavy atom. The van der Waals surface area contributed by atoms with Gasteiger partial charge in [0.25, 0.3) is 11.8 Å². The fourth-order valence-corrected chi connectivity index (χ4v) is 4.11. The summed E-state index contributed by atoms with van der Waals surface area (Å²) < 4.78 is 10.4. The summed E-state index contributed by atoms with van der Waals surface area (Å²) in [6.07, 6.45) is -0.134. The zero-order chi connectivity index (χ0) is 24.2. The van der Waals surface area contributed by atoms with Gasteiger partial charge >= 0.3 is 0 Å². The maximum absolute atomic E-state index is 13.6. The third-order valence-electron chi connectivity index (χ3n) is 5.71. The number of nitrogens with zero attached hydrogens (tertiary/aromatic N) is 2. The van der Waals surface area contributed by atoms with E-state index in [-0.39, 0.29) is 18.9 Å². The second-order valence-electron chi connectivity index (χ2n) is 7.74. The van der Waals surface area contributed by atoms with E-state index in [2.05, 4.69) is 0 Å². The molecule has 0 bridgehead atoms. The molecular weight excluding hydrogens is 456 g/mol. The van der Waals surface area contributed by atoms with E-state index in [0.717, 1.165) is 4.90 Å². The minimum atomic E-state index is -0.982. The molecule has 1 saturated heterocycles. The van der Waals surface area contributed by atoms with E-state index in [1.165, 1.54) is 19.1 Å². The Bertz CT molecular complexity index is 1230. The number of halogens is 1. The third kappa shape index (κ3) is 4.61. The fourth-order valence-electron chi connectivity index (χ4n) is 3.92. The van der Waals surface area contributed by atoms with Crippen molar-refractivity contribution in [1.29, 1.82) is 0 Å². The van der Waals surface area contributed by atoms with E-state index in [4.69, 9.17) is 21.1 Å². The molecule has 1 aliphatic heterocycles. The van der Waals surface area contributed by atoms with Crippen LogP contribution in [0.1, 0.15) is 22.3 Å². The Morgan fingerprint density at radius 2 is 1.68 bits per heavy atom. The van der Waals surface area contributed by atoms with Crippen LogP contribution in [0.15, 0.2) is 72.8 Å². The quantitative estimate of drug-likeness (QED) is 0.472. The molecule has 0 N–H and O–H groups in total. The van der Waals surface area contributed by atoms with Crippen molar-refractivity contribution in [3.05, 3.63) is 88.9 Å². The third-order valence-corrected chi connectivity index (χ3v) is 6.07. The first-order valence-corrected chi connectivity index (χ1v) is 11.0. The minimum absolute atomic E-state index is 0.0653. The van der Waals surface area contributed by atoms with Crippen molar-refractivity contribution in [3.63, 3.8) is 0 Å². The number of hydrogen-bond acceptors (Lipinski definition) is 5. The Labute approximate surface area is 202 Å². The zero-order valence-electron chi connectivity index (χ0n) is 18.7. The van der Waals surface area contributed by atoms with E-state index in [1.807, 2.05) is 0 Å². The molecule has 34 heavy (non-hydrogen) atoms. The molecule has 4 rings (SSSR count). The number of amides is 3. The number of methoxy groups -OCH3 is 2. The highest BCUT2D eigenvalue weighted by Crippen LogP contribution is 2.30. The molecule has 0 saturated carbocycles. The van der Waals surface area contributed by atoms with Crippen molar-refractivity contribution in [3.8, 4) is 11.5 Å². The molecule has 0 aromatic heterocycles. The van der Waals surface area contributed by atoms with Gasteiger partial charge in [0.2, 0.25) is 5.91 Å². The molecule has 1 aliphatic rings. The van der Waals surface area contributed by atoms with Gasteiger partial charge in [-0.1, -0.05) is 35.9 Å². The van der Waals surface area contributed by atoms with Crippen LogP contribution in [-0.2, 0) is 16.1 Å². The molecule has 174 valence electrons. The largest absolute Gasteiger partial charge is 0.497 e. The van der Waals surface area contributed by atoms with Crippen LogP contribution in [0, 0.1) is 0 Å². The average Bonchev–Trinajstić information content (AvgIpc) is 3.16. The van der Waals surface area contributed by atoms with Gasteiger partial charge < -0.3 is 14.4 Å². The Kier molecular flexibility index (Phi) is 6.84. The van der Waals surface area contributed by atoms with Crippen molar-refractivity contribution in [1.82, 2.24) is 4.90 Å². The van der Waals surface area contributed by atoms with E-state index in [9.17, 15) is 14.4 Å². The summed E-state index contributed by atoms with van der Waals surface area (Å²) in [7, 11) is 3.05. The lowest BCUT2D eigenvalue weighted by Gasteiger charge is -2.28. The maximum Gasteiger partial charge on any atom is 0.257 e. The molecule has 7 nitrogen and oxygen atoms in total. The maximum atomic E-state index is 13.6. The molecule has 1 fully saturated rings. The summed E-state index contributed by atoms with van der Waals surface area (Å²) in [5.41, 5.74) is 1.43. The Balaban J connectivity index is 1.70. The highest BCUT2D eigenvalue weighted by atomic mass is 35.5. The summed E-state index contributed by atoms with van der Waals surface area (Å²) in [4.78, 5) is 42.5. The van der Waals surface area contributed by atoms with Crippen molar-refractivity contribution in [2.45, 2.75) is 19.0 Å². The fraction of sp³-hybridized carbons (Fsp3) is 0.192. The van der Waals surface area contributed by atoms with Gasteiger partial charge in [0, 0.05) is 17.1 Å². The van der Waals surface area contributed by atoms with Gasteiger partial charge in [0.15, 0.2) is 0 Å². The molecule has 0 radical (unpaired) electrons. The number of imide groups is 1. The van der Waals surface area contributed by atoms with Gasteiger partial charge in [-0.3, -0.25) is 14.4 Å². The number of anilines is 1. The lowest BCUT2D eigenvalue weighted by molar-refractivity contribution is -0.122. The predicted octanol–water partition coefficient (Wildman–Crippen LogP) is 4.33. The molecular formula is C26H23ClN2O5. The number of hydrogen-bond donors (Lipinski definition) is 0. The molecule has 8 heteroatoms. The van der Waals surface area contributed by atoms with Crippen LogP contribution >= 0.6 is 11.6 Å².